The zero-order valence-electron chi connectivity index (χ0n) is 35.3. The molecule has 2 aliphatic carbocycles. The van der Waals surface area contributed by atoms with E-state index in [1.54, 1.807) is 19.2 Å². The van der Waals surface area contributed by atoms with Crippen LogP contribution in [0.4, 0.5) is 9.59 Å². The molecular weight excluding hydrogens is 762 g/mol. The number of aliphatic hydroxyl groups excluding tert-OH is 2. The Kier molecular flexibility index (Phi) is 20.7. The van der Waals surface area contributed by atoms with E-state index in [1.807, 2.05) is 12.1 Å². The average Bonchev–Trinajstić information content (AvgIpc) is 3.22. The first kappa shape index (κ1) is 47.4. The molecule has 4 rings (SSSR count). The third-order valence-corrected chi connectivity index (χ3v) is 12.1. The highest BCUT2D eigenvalue weighted by molar-refractivity contribution is 6.18. The van der Waals surface area contributed by atoms with Gasteiger partial charge in [0, 0.05) is 44.7 Å². The van der Waals surface area contributed by atoms with Gasteiger partial charge in [-0.3, -0.25) is 0 Å². The molecule has 1 saturated carbocycles. The molecule has 1 aromatic rings. The van der Waals surface area contributed by atoms with Crippen LogP contribution in [0, 0.1) is 17.8 Å². The number of hydrogen-bond donors (Lipinski definition) is 3. The van der Waals surface area contributed by atoms with E-state index in [-0.39, 0.29) is 56.5 Å². The van der Waals surface area contributed by atoms with E-state index in [9.17, 15) is 19.8 Å². The summed E-state index contributed by atoms with van der Waals surface area (Å²) in [5.41, 5.74) is 2.44. The number of nitrogens with one attached hydrogen (secondary N) is 1. The van der Waals surface area contributed by atoms with E-state index in [0.717, 1.165) is 56.1 Å². The lowest BCUT2D eigenvalue weighted by atomic mass is 9.55. The Labute approximate surface area is 351 Å². The van der Waals surface area contributed by atoms with Crippen molar-refractivity contribution in [2.45, 2.75) is 134 Å². The van der Waals surface area contributed by atoms with Crippen molar-refractivity contribution in [3.8, 4) is 11.5 Å². The lowest BCUT2D eigenvalue weighted by Gasteiger charge is -2.59. The van der Waals surface area contributed by atoms with Crippen LogP contribution in [0.15, 0.2) is 47.7 Å². The maximum absolute atomic E-state index is 13.6. The maximum Gasteiger partial charge on any atom is 0.412 e. The van der Waals surface area contributed by atoms with Gasteiger partial charge in [-0.25, -0.2) is 9.59 Å². The van der Waals surface area contributed by atoms with Crippen LogP contribution in [0.2, 0.25) is 0 Å². The summed E-state index contributed by atoms with van der Waals surface area (Å²) in [6.45, 7) is 7.08. The van der Waals surface area contributed by atoms with Gasteiger partial charge in [-0.1, -0.05) is 94.9 Å². The van der Waals surface area contributed by atoms with Crippen molar-refractivity contribution in [1.29, 1.82) is 0 Å². The van der Waals surface area contributed by atoms with Crippen molar-refractivity contribution in [3.63, 3.8) is 0 Å². The molecule has 6 atom stereocenters. The highest BCUT2D eigenvalue weighted by Gasteiger charge is 2.65. The summed E-state index contributed by atoms with van der Waals surface area (Å²) in [6, 6.07) is 4.74. The van der Waals surface area contributed by atoms with Crippen LogP contribution < -0.4 is 14.8 Å². The standard InChI is InChI=1S/C45H70ClN3O9/c1-5-7-8-9-10-11-12-13-14-17-25-47-43(52)57-34-22-23-39-37(31-34)41-35(21-16-19-27-51)33(20-15-18-26-50)30-36-38(48-54-4)32-40(49(3)44(53)55-29-24-46)45(58-39,42(36)41)56-28-6-2/h6,22-23,30-31,33,35,40-42,50-51H,2,5,7-21,24-29,32H2,1,3-4H3,(H,47,52). The molecule has 3 aliphatic rings. The van der Waals surface area contributed by atoms with Crippen LogP contribution in [-0.4, -0.2) is 97.8 Å². The molecule has 3 N–H and O–H groups in total. The number of oxime groups is 1. The molecule has 0 aromatic heterocycles. The van der Waals surface area contributed by atoms with Crippen molar-refractivity contribution in [1.82, 2.24) is 10.2 Å². The van der Waals surface area contributed by atoms with Gasteiger partial charge in [-0.2, -0.15) is 0 Å². The Morgan fingerprint density at radius 2 is 1.71 bits per heavy atom. The molecule has 0 spiro atoms. The van der Waals surface area contributed by atoms with E-state index in [0.29, 0.717) is 36.6 Å². The molecule has 2 amide bonds. The van der Waals surface area contributed by atoms with Gasteiger partial charge in [0.2, 0.25) is 5.79 Å². The first-order valence-electron chi connectivity index (χ1n) is 21.8. The van der Waals surface area contributed by atoms with Crippen LogP contribution >= 0.6 is 11.6 Å². The minimum absolute atomic E-state index is 0.0322. The molecule has 13 heteroatoms. The van der Waals surface area contributed by atoms with Crippen LogP contribution in [0.25, 0.3) is 0 Å². The number of likely N-dealkylation sites (N-methyl/N-ethyl adjacent to an activating group) is 1. The summed E-state index contributed by atoms with van der Waals surface area (Å²) in [7, 11) is 3.17. The number of nitrogens with zero attached hydrogens (tertiary/aromatic N) is 2. The number of hydrogen-bond acceptors (Lipinski definition) is 10. The summed E-state index contributed by atoms with van der Waals surface area (Å²) in [5, 5.41) is 27.1. The van der Waals surface area contributed by atoms with Gasteiger partial charge in [0.1, 0.15) is 31.3 Å². The quantitative estimate of drug-likeness (QED) is 0.0342. The fraction of sp³-hybridized carbons (Fsp3) is 0.711. The molecule has 1 aromatic carbocycles. The molecular formula is C45H70ClN3O9. The number of rotatable bonds is 27. The average molecular weight is 833 g/mol. The normalized spacial score (nSPS) is 23.9. The lowest BCUT2D eigenvalue weighted by Crippen LogP contribution is -2.69. The van der Waals surface area contributed by atoms with Crippen LogP contribution in [0.5, 0.6) is 11.5 Å². The van der Waals surface area contributed by atoms with Gasteiger partial charge >= 0.3 is 12.2 Å². The maximum atomic E-state index is 13.6. The largest absolute Gasteiger partial charge is 0.459 e. The van der Waals surface area contributed by atoms with E-state index < -0.39 is 29.9 Å². The van der Waals surface area contributed by atoms with Gasteiger partial charge in [0.15, 0.2) is 0 Å². The summed E-state index contributed by atoms with van der Waals surface area (Å²) >= 11 is 5.90. The summed E-state index contributed by atoms with van der Waals surface area (Å²) in [4.78, 5) is 33.6. The number of benzene rings is 1. The van der Waals surface area contributed by atoms with Crippen molar-refractivity contribution in [2.24, 2.45) is 22.9 Å². The fourth-order valence-corrected chi connectivity index (χ4v) is 9.28. The van der Waals surface area contributed by atoms with E-state index in [4.69, 9.17) is 35.4 Å². The Balaban J connectivity index is 1.69. The number of fused-ring (bicyclic) bond motifs is 2. The number of amides is 2. The number of ether oxygens (including phenoxy) is 4. The molecule has 1 heterocycles. The zero-order chi connectivity index (χ0) is 41.8. The van der Waals surface area contributed by atoms with Gasteiger partial charge in [-0.15, -0.1) is 18.2 Å². The second-order valence-corrected chi connectivity index (χ2v) is 16.2. The van der Waals surface area contributed by atoms with Crippen molar-refractivity contribution in [2.75, 3.05) is 53.0 Å². The van der Waals surface area contributed by atoms with Gasteiger partial charge in [0.05, 0.1) is 24.1 Å². The predicted molar refractivity (Wildman–Crippen MR) is 228 cm³/mol. The molecule has 12 nitrogen and oxygen atoms in total. The van der Waals surface area contributed by atoms with Gasteiger partial charge < -0.3 is 44.2 Å². The molecule has 58 heavy (non-hydrogen) atoms. The number of carbonyl (C=O) groups excluding carboxylic acids is 2. The molecule has 0 radical (unpaired) electrons. The first-order chi connectivity index (χ1) is 28.3. The first-order valence-corrected chi connectivity index (χ1v) is 22.4. The second kappa shape index (κ2) is 25.3. The summed E-state index contributed by atoms with van der Waals surface area (Å²) in [6.07, 6.45) is 19.8. The Bertz CT molecular complexity index is 1490. The third kappa shape index (κ3) is 12.6. The molecule has 1 aliphatic heterocycles. The number of unbranched alkanes of at least 4 members (excludes halogenated alkanes) is 11. The fourth-order valence-electron chi connectivity index (χ4n) is 9.20. The summed E-state index contributed by atoms with van der Waals surface area (Å²) < 4.78 is 25.3. The topological polar surface area (TPSA) is 148 Å². The summed E-state index contributed by atoms with van der Waals surface area (Å²) in [5.74, 6) is -0.927. The number of halogens is 1. The third-order valence-electron chi connectivity index (χ3n) is 11.9. The Morgan fingerprint density at radius 3 is 2.36 bits per heavy atom. The molecule has 0 saturated heterocycles. The smallest absolute Gasteiger partial charge is 0.412 e. The van der Waals surface area contributed by atoms with Crippen molar-refractivity contribution in [3.05, 3.63) is 48.1 Å². The molecule has 6 unspecified atom stereocenters. The van der Waals surface area contributed by atoms with Crippen LogP contribution in [0.1, 0.15) is 128 Å². The highest BCUT2D eigenvalue weighted by Crippen LogP contribution is 2.61. The van der Waals surface area contributed by atoms with Crippen molar-refractivity contribution < 1.29 is 43.6 Å². The molecule has 0 bridgehead atoms. The van der Waals surface area contributed by atoms with E-state index in [2.05, 4.69) is 30.1 Å². The highest BCUT2D eigenvalue weighted by atomic mass is 35.5. The number of aliphatic hydroxyl groups is 2. The Morgan fingerprint density at radius 1 is 1.02 bits per heavy atom. The van der Waals surface area contributed by atoms with E-state index in [1.165, 1.54) is 57.0 Å². The van der Waals surface area contributed by atoms with Crippen LogP contribution in [0.3, 0.4) is 0 Å². The minimum atomic E-state index is -1.40. The molecule has 326 valence electrons. The lowest BCUT2D eigenvalue weighted by molar-refractivity contribution is -0.253. The van der Waals surface area contributed by atoms with E-state index >= 15 is 0 Å². The Hall–Kier alpha value is -3.32. The number of alkyl halides is 1. The predicted octanol–water partition coefficient (Wildman–Crippen LogP) is 9.27. The monoisotopic (exact) mass is 831 g/mol. The van der Waals surface area contributed by atoms with Gasteiger partial charge in [0.25, 0.3) is 0 Å². The second-order valence-electron chi connectivity index (χ2n) is 15.9. The minimum Gasteiger partial charge on any atom is -0.459 e. The SMILES string of the molecule is C=CCOC12Oc3ccc(OC(=O)NCCCCCCCCCCCC)cc3C3C(CCCCO)C(CCCCO)C=C(C(=NOC)CC1N(C)C(=O)OCCCl)C32. The van der Waals surface area contributed by atoms with Gasteiger partial charge in [-0.05, 0) is 67.7 Å². The van der Waals surface area contributed by atoms with Crippen LogP contribution in [-0.2, 0) is 14.3 Å². The molecule has 1 fully saturated rings. The number of allylic oxidation sites excluding steroid dienone is 1. The zero-order valence-corrected chi connectivity index (χ0v) is 36.0. The number of carbonyl (C=O) groups is 2. The van der Waals surface area contributed by atoms with Crippen molar-refractivity contribution >= 4 is 29.5 Å².